The van der Waals surface area contributed by atoms with Crippen molar-refractivity contribution < 1.29 is 33.6 Å². The number of carbonyl (C=O) groups is 1. The van der Waals surface area contributed by atoms with Crippen molar-refractivity contribution in [3.63, 3.8) is 0 Å². The van der Waals surface area contributed by atoms with Crippen LogP contribution in [-0.2, 0) is 28.5 Å². The lowest BCUT2D eigenvalue weighted by Crippen LogP contribution is -2.52. The zero-order valence-corrected chi connectivity index (χ0v) is 13.6. The quantitative estimate of drug-likeness (QED) is 0.773. The van der Waals surface area contributed by atoms with E-state index in [1.807, 2.05) is 13.8 Å². The van der Waals surface area contributed by atoms with Crippen LogP contribution in [0, 0.1) is 0 Å². The van der Waals surface area contributed by atoms with E-state index in [4.69, 9.17) is 23.7 Å². The molecule has 22 heavy (non-hydrogen) atoms. The van der Waals surface area contributed by atoms with Gasteiger partial charge in [-0.15, -0.1) is 0 Å². The number of carbonyl (C=O) groups excluding carboxylic acids is 1. The van der Waals surface area contributed by atoms with Crippen LogP contribution in [-0.4, -0.2) is 61.3 Å². The molecule has 0 saturated carbocycles. The van der Waals surface area contributed by atoms with Gasteiger partial charge in [-0.1, -0.05) is 0 Å². The van der Waals surface area contributed by atoms with Crippen LogP contribution in [0.1, 0.15) is 40.0 Å². The minimum atomic E-state index is -0.505. The summed E-state index contributed by atoms with van der Waals surface area (Å²) >= 11 is 0. The van der Waals surface area contributed by atoms with Gasteiger partial charge in [0.2, 0.25) is 0 Å². The molecule has 2 rings (SSSR count). The van der Waals surface area contributed by atoms with Gasteiger partial charge in [-0.3, -0.25) is 4.79 Å². The standard InChI is InChI=1S/C15H26O7/c1-8-11(17)5-6-13(19-8)22-12-7-14(18-4)20-9(2)15(12)21-10(3)16/h8-9,11-15,17H,5-7H2,1-4H3. The van der Waals surface area contributed by atoms with Crippen molar-refractivity contribution in [3.8, 4) is 0 Å². The summed E-state index contributed by atoms with van der Waals surface area (Å²) in [6.45, 7) is 5.00. The predicted octanol–water partition coefficient (Wildman–Crippen LogP) is 0.970. The largest absolute Gasteiger partial charge is 0.457 e. The number of aliphatic hydroxyl groups is 1. The summed E-state index contributed by atoms with van der Waals surface area (Å²) in [4.78, 5) is 11.3. The zero-order chi connectivity index (χ0) is 16.3. The van der Waals surface area contributed by atoms with Crippen LogP contribution in [0.3, 0.4) is 0 Å². The summed E-state index contributed by atoms with van der Waals surface area (Å²) in [6, 6.07) is 0. The summed E-state index contributed by atoms with van der Waals surface area (Å²) in [5, 5.41) is 9.70. The number of methoxy groups -OCH3 is 1. The van der Waals surface area contributed by atoms with E-state index in [0.29, 0.717) is 19.3 Å². The number of hydrogen-bond donors (Lipinski definition) is 1. The SMILES string of the molecule is COC1CC(OC2CCC(O)C(C)O2)C(OC(C)=O)C(C)O1. The Morgan fingerprint density at radius 2 is 1.82 bits per heavy atom. The topological polar surface area (TPSA) is 83.5 Å². The van der Waals surface area contributed by atoms with Gasteiger partial charge in [0, 0.05) is 26.9 Å². The van der Waals surface area contributed by atoms with Crippen molar-refractivity contribution in [1.29, 1.82) is 0 Å². The number of ether oxygens (including phenoxy) is 5. The first-order chi connectivity index (χ1) is 10.4. The Labute approximate surface area is 130 Å². The fourth-order valence-electron chi connectivity index (χ4n) is 2.88. The van der Waals surface area contributed by atoms with E-state index in [-0.39, 0.29) is 24.3 Å². The lowest BCUT2D eigenvalue weighted by atomic mass is 10.0. The van der Waals surface area contributed by atoms with E-state index in [1.165, 1.54) is 6.92 Å². The maximum absolute atomic E-state index is 11.3. The van der Waals surface area contributed by atoms with Gasteiger partial charge < -0.3 is 28.8 Å². The maximum atomic E-state index is 11.3. The first-order valence-corrected chi connectivity index (χ1v) is 7.75. The summed E-state index contributed by atoms with van der Waals surface area (Å²) in [5.74, 6) is -0.377. The van der Waals surface area contributed by atoms with Crippen LogP contribution in [0.25, 0.3) is 0 Å². The molecule has 0 aromatic carbocycles. The maximum Gasteiger partial charge on any atom is 0.303 e. The highest BCUT2D eigenvalue weighted by Gasteiger charge is 2.42. The highest BCUT2D eigenvalue weighted by Crippen LogP contribution is 2.29. The molecule has 2 fully saturated rings. The van der Waals surface area contributed by atoms with E-state index in [1.54, 1.807) is 7.11 Å². The molecule has 0 amide bonds. The summed E-state index contributed by atoms with van der Waals surface area (Å²) in [5.41, 5.74) is 0. The lowest BCUT2D eigenvalue weighted by Gasteiger charge is -2.41. The smallest absolute Gasteiger partial charge is 0.303 e. The third-order valence-electron chi connectivity index (χ3n) is 4.12. The van der Waals surface area contributed by atoms with Crippen LogP contribution in [0.2, 0.25) is 0 Å². The van der Waals surface area contributed by atoms with E-state index in [9.17, 15) is 9.90 Å². The molecule has 1 N–H and O–H groups in total. The first-order valence-electron chi connectivity index (χ1n) is 7.75. The molecule has 2 saturated heterocycles. The van der Waals surface area contributed by atoms with Crippen LogP contribution in [0.5, 0.6) is 0 Å². The zero-order valence-electron chi connectivity index (χ0n) is 13.6. The Bertz CT molecular complexity index is 375. The average molecular weight is 318 g/mol. The molecule has 7 heteroatoms. The summed E-state index contributed by atoms with van der Waals surface area (Å²) in [6.07, 6.45) is -1.11. The number of esters is 1. The number of aliphatic hydroxyl groups excluding tert-OH is 1. The van der Waals surface area contributed by atoms with Gasteiger partial charge in [-0.2, -0.15) is 0 Å². The van der Waals surface area contributed by atoms with Gasteiger partial charge in [0.1, 0.15) is 6.10 Å². The van der Waals surface area contributed by atoms with Gasteiger partial charge in [0.15, 0.2) is 18.7 Å². The van der Waals surface area contributed by atoms with Crippen molar-refractivity contribution in [1.82, 2.24) is 0 Å². The monoisotopic (exact) mass is 318 g/mol. The van der Waals surface area contributed by atoms with Gasteiger partial charge in [-0.05, 0) is 20.3 Å². The molecule has 0 aromatic heterocycles. The molecular formula is C15H26O7. The first kappa shape index (κ1) is 17.6. The Balaban J connectivity index is 2.01. The second-order valence-corrected chi connectivity index (χ2v) is 5.91. The van der Waals surface area contributed by atoms with Crippen molar-refractivity contribution in [3.05, 3.63) is 0 Å². The van der Waals surface area contributed by atoms with E-state index in [0.717, 1.165) is 0 Å². The molecule has 2 aliphatic heterocycles. The van der Waals surface area contributed by atoms with Crippen molar-refractivity contribution in [2.45, 2.75) is 83.1 Å². The Hall–Kier alpha value is -0.730. The molecule has 7 atom stereocenters. The Morgan fingerprint density at radius 1 is 1.14 bits per heavy atom. The second-order valence-electron chi connectivity index (χ2n) is 5.91. The predicted molar refractivity (Wildman–Crippen MR) is 76.0 cm³/mol. The molecule has 0 aliphatic carbocycles. The molecule has 2 heterocycles. The van der Waals surface area contributed by atoms with Crippen molar-refractivity contribution in [2.24, 2.45) is 0 Å². The molecule has 7 nitrogen and oxygen atoms in total. The van der Waals surface area contributed by atoms with E-state index in [2.05, 4.69) is 0 Å². The molecule has 0 spiro atoms. The number of rotatable bonds is 4. The molecule has 0 radical (unpaired) electrons. The fraction of sp³-hybridized carbons (Fsp3) is 0.933. The van der Waals surface area contributed by atoms with Gasteiger partial charge >= 0.3 is 5.97 Å². The third kappa shape index (κ3) is 4.39. The third-order valence-corrected chi connectivity index (χ3v) is 4.12. The van der Waals surface area contributed by atoms with Crippen LogP contribution < -0.4 is 0 Å². The Kier molecular flexibility index (Phi) is 6.17. The minimum absolute atomic E-state index is 0.276. The summed E-state index contributed by atoms with van der Waals surface area (Å²) in [7, 11) is 1.57. The highest BCUT2D eigenvalue weighted by atomic mass is 16.7. The molecular weight excluding hydrogens is 292 g/mol. The highest BCUT2D eigenvalue weighted by molar-refractivity contribution is 5.66. The molecule has 128 valence electrons. The Morgan fingerprint density at radius 3 is 2.41 bits per heavy atom. The molecule has 0 bridgehead atoms. The normalized spacial score (nSPS) is 42.9. The van der Waals surface area contributed by atoms with Gasteiger partial charge in [-0.25, -0.2) is 0 Å². The number of hydrogen-bond acceptors (Lipinski definition) is 7. The van der Waals surface area contributed by atoms with Crippen LogP contribution in [0.4, 0.5) is 0 Å². The van der Waals surface area contributed by atoms with E-state index < -0.39 is 24.8 Å². The molecule has 2 aliphatic rings. The average Bonchev–Trinajstić information content (AvgIpc) is 2.46. The molecule has 0 aromatic rings. The van der Waals surface area contributed by atoms with E-state index >= 15 is 0 Å². The van der Waals surface area contributed by atoms with Crippen LogP contribution >= 0.6 is 0 Å². The van der Waals surface area contributed by atoms with Gasteiger partial charge in [0.25, 0.3) is 0 Å². The second kappa shape index (κ2) is 7.70. The summed E-state index contributed by atoms with van der Waals surface area (Å²) < 4.78 is 27.9. The van der Waals surface area contributed by atoms with Crippen molar-refractivity contribution in [2.75, 3.05) is 7.11 Å². The lowest BCUT2D eigenvalue weighted by molar-refractivity contribution is -0.296. The van der Waals surface area contributed by atoms with Gasteiger partial charge in [0.05, 0.1) is 18.3 Å². The van der Waals surface area contributed by atoms with Crippen LogP contribution in [0.15, 0.2) is 0 Å². The molecule has 7 unspecified atom stereocenters. The minimum Gasteiger partial charge on any atom is -0.457 e. The fourth-order valence-corrected chi connectivity index (χ4v) is 2.88. The van der Waals surface area contributed by atoms with Crippen molar-refractivity contribution >= 4 is 5.97 Å².